The summed E-state index contributed by atoms with van der Waals surface area (Å²) in [5.41, 5.74) is -0.716. The number of rotatable bonds is 4. The Balaban J connectivity index is 2.44. The lowest BCUT2D eigenvalue weighted by Crippen LogP contribution is -2.16. The summed E-state index contributed by atoms with van der Waals surface area (Å²) in [6, 6.07) is 5.72. The van der Waals surface area contributed by atoms with Gasteiger partial charge in [-0.05, 0) is 29.8 Å². The zero-order valence-electron chi connectivity index (χ0n) is 10.5. The Morgan fingerprint density at radius 2 is 1.62 bits per heavy atom. The summed E-state index contributed by atoms with van der Waals surface area (Å²) in [4.78, 5) is -0.776. The van der Waals surface area contributed by atoms with Gasteiger partial charge in [0.2, 0.25) is 0 Å². The van der Waals surface area contributed by atoms with E-state index in [1.165, 1.54) is 6.07 Å². The lowest BCUT2D eigenvalue weighted by Gasteiger charge is -2.11. The maximum absolute atomic E-state index is 13.7. The first-order valence-electron chi connectivity index (χ1n) is 5.71. The summed E-state index contributed by atoms with van der Waals surface area (Å²) >= 11 is 0. The summed E-state index contributed by atoms with van der Waals surface area (Å²) in [6.07, 6.45) is 0. The predicted octanol–water partition coefficient (Wildman–Crippen LogP) is 2.40. The number of halogens is 3. The van der Waals surface area contributed by atoms with E-state index in [2.05, 4.69) is 0 Å². The Bertz CT molecular complexity index is 758. The molecule has 4 nitrogen and oxygen atoms in total. The van der Waals surface area contributed by atoms with Gasteiger partial charge in [0, 0.05) is 0 Å². The van der Waals surface area contributed by atoms with Crippen molar-refractivity contribution in [3.05, 3.63) is 59.4 Å². The zero-order chi connectivity index (χ0) is 15.6. The maximum atomic E-state index is 13.7. The van der Waals surface area contributed by atoms with Crippen LogP contribution in [0.3, 0.4) is 0 Å². The SMILES string of the molecule is O=S(=O)(Nc1c(F)cccc1F)c1ccc(CO)cc1F. The van der Waals surface area contributed by atoms with Gasteiger partial charge in [0.1, 0.15) is 28.0 Å². The Labute approximate surface area is 118 Å². The van der Waals surface area contributed by atoms with Crippen molar-refractivity contribution in [2.24, 2.45) is 0 Å². The molecule has 112 valence electrons. The van der Waals surface area contributed by atoms with Crippen molar-refractivity contribution in [1.29, 1.82) is 0 Å². The monoisotopic (exact) mass is 317 g/mol. The summed E-state index contributed by atoms with van der Waals surface area (Å²) in [6.45, 7) is -0.466. The average Bonchev–Trinajstić information content (AvgIpc) is 2.42. The second-order valence-electron chi connectivity index (χ2n) is 4.13. The quantitative estimate of drug-likeness (QED) is 0.910. The van der Waals surface area contributed by atoms with Crippen molar-refractivity contribution >= 4 is 15.7 Å². The minimum absolute atomic E-state index is 0.170. The van der Waals surface area contributed by atoms with Gasteiger partial charge in [-0.1, -0.05) is 12.1 Å². The molecule has 2 aromatic rings. The first kappa shape index (κ1) is 15.3. The summed E-state index contributed by atoms with van der Waals surface area (Å²) in [5, 5.41) is 8.83. The molecule has 0 amide bonds. The van der Waals surface area contributed by atoms with Gasteiger partial charge in [0.25, 0.3) is 10.0 Å². The molecule has 2 aromatic carbocycles. The lowest BCUT2D eigenvalue weighted by atomic mass is 10.2. The van der Waals surface area contributed by atoms with E-state index in [0.717, 1.165) is 30.3 Å². The van der Waals surface area contributed by atoms with Crippen LogP contribution in [0.25, 0.3) is 0 Å². The Kier molecular flexibility index (Phi) is 4.19. The summed E-state index contributed by atoms with van der Waals surface area (Å²) in [5.74, 6) is -3.37. The number of benzene rings is 2. The highest BCUT2D eigenvalue weighted by molar-refractivity contribution is 7.92. The van der Waals surface area contributed by atoms with Crippen LogP contribution in [0, 0.1) is 17.5 Å². The number of nitrogens with one attached hydrogen (secondary N) is 1. The van der Waals surface area contributed by atoms with E-state index in [4.69, 9.17) is 5.11 Å². The molecule has 2 rings (SSSR count). The molecule has 0 saturated heterocycles. The van der Waals surface area contributed by atoms with Gasteiger partial charge in [-0.3, -0.25) is 4.72 Å². The molecule has 0 unspecified atom stereocenters. The maximum Gasteiger partial charge on any atom is 0.264 e. The molecule has 0 radical (unpaired) electrons. The minimum Gasteiger partial charge on any atom is -0.392 e. The number of hydrogen-bond acceptors (Lipinski definition) is 3. The van der Waals surface area contributed by atoms with Crippen molar-refractivity contribution in [3.63, 3.8) is 0 Å². The van der Waals surface area contributed by atoms with Crippen LogP contribution in [-0.2, 0) is 16.6 Å². The molecule has 0 aliphatic carbocycles. The molecule has 0 atom stereocenters. The van der Waals surface area contributed by atoms with Crippen LogP contribution in [0.1, 0.15) is 5.56 Å². The molecule has 0 heterocycles. The fourth-order valence-electron chi connectivity index (χ4n) is 1.65. The van der Waals surface area contributed by atoms with E-state index in [1.807, 2.05) is 0 Å². The second-order valence-corrected chi connectivity index (χ2v) is 5.78. The first-order valence-corrected chi connectivity index (χ1v) is 7.19. The number of sulfonamides is 1. The highest BCUT2D eigenvalue weighted by Gasteiger charge is 2.22. The summed E-state index contributed by atoms with van der Waals surface area (Å²) < 4.78 is 66.2. The highest BCUT2D eigenvalue weighted by atomic mass is 32.2. The second kappa shape index (κ2) is 5.74. The molecule has 0 saturated carbocycles. The number of aliphatic hydroxyl groups excluding tert-OH is 1. The van der Waals surface area contributed by atoms with Crippen LogP contribution in [0.4, 0.5) is 18.9 Å². The number of aliphatic hydroxyl groups is 1. The molecule has 8 heteroatoms. The number of hydrogen-bond donors (Lipinski definition) is 2. The third-order valence-corrected chi connectivity index (χ3v) is 4.05. The van der Waals surface area contributed by atoms with E-state index in [0.29, 0.717) is 0 Å². The van der Waals surface area contributed by atoms with Crippen molar-refractivity contribution < 1.29 is 26.7 Å². The molecule has 0 aliphatic rings. The van der Waals surface area contributed by atoms with Gasteiger partial charge in [0.05, 0.1) is 6.61 Å². The molecule has 0 fully saturated rings. The van der Waals surface area contributed by atoms with E-state index in [1.54, 1.807) is 4.72 Å². The van der Waals surface area contributed by atoms with E-state index in [-0.39, 0.29) is 5.56 Å². The van der Waals surface area contributed by atoms with Gasteiger partial charge in [-0.2, -0.15) is 0 Å². The smallest absolute Gasteiger partial charge is 0.264 e. The Morgan fingerprint density at radius 3 is 2.14 bits per heavy atom. The van der Waals surface area contributed by atoms with E-state index in [9.17, 15) is 21.6 Å². The van der Waals surface area contributed by atoms with Crippen LogP contribution in [0.2, 0.25) is 0 Å². The normalized spacial score (nSPS) is 11.4. The van der Waals surface area contributed by atoms with Crippen molar-refractivity contribution in [1.82, 2.24) is 0 Å². The molecule has 0 spiro atoms. The topological polar surface area (TPSA) is 66.4 Å². The molecular formula is C13H10F3NO3S. The summed E-state index contributed by atoms with van der Waals surface area (Å²) in [7, 11) is -4.50. The average molecular weight is 317 g/mol. The Morgan fingerprint density at radius 1 is 1.00 bits per heavy atom. The molecule has 0 aliphatic heterocycles. The molecule has 21 heavy (non-hydrogen) atoms. The highest BCUT2D eigenvalue weighted by Crippen LogP contribution is 2.24. The van der Waals surface area contributed by atoms with Gasteiger partial charge < -0.3 is 5.11 Å². The largest absolute Gasteiger partial charge is 0.392 e. The lowest BCUT2D eigenvalue weighted by molar-refractivity contribution is 0.281. The predicted molar refractivity (Wildman–Crippen MR) is 69.5 cm³/mol. The molecular weight excluding hydrogens is 307 g/mol. The standard InChI is InChI=1S/C13H10F3NO3S/c14-9-2-1-3-10(15)13(9)17-21(19,20)12-5-4-8(7-18)6-11(12)16/h1-6,17-18H,7H2. The van der Waals surface area contributed by atoms with Gasteiger partial charge in [0.15, 0.2) is 0 Å². The minimum atomic E-state index is -4.50. The Hall–Kier alpha value is -2.06. The van der Waals surface area contributed by atoms with Crippen LogP contribution < -0.4 is 4.72 Å². The third kappa shape index (κ3) is 3.17. The number of para-hydroxylation sites is 1. The van der Waals surface area contributed by atoms with Crippen LogP contribution >= 0.6 is 0 Å². The molecule has 2 N–H and O–H groups in total. The fourth-order valence-corrected chi connectivity index (χ4v) is 2.78. The van der Waals surface area contributed by atoms with Gasteiger partial charge in [-0.25, -0.2) is 21.6 Å². The van der Waals surface area contributed by atoms with Crippen LogP contribution in [-0.4, -0.2) is 13.5 Å². The molecule has 0 bridgehead atoms. The van der Waals surface area contributed by atoms with Gasteiger partial charge >= 0.3 is 0 Å². The van der Waals surface area contributed by atoms with Crippen molar-refractivity contribution in [2.75, 3.05) is 4.72 Å². The van der Waals surface area contributed by atoms with E-state index < -0.39 is 44.7 Å². The number of anilines is 1. The first-order chi connectivity index (χ1) is 9.85. The third-order valence-electron chi connectivity index (χ3n) is 2.67. The van der Waals surface area contributed by atoms with Crippen molar-refractivity contribution in [3.8, 4) is 0 Å². The van der Waals surface area contributed by atoms with Crippen molar-refractivity contribution in [2.45, 2.75) is 11.5 Å². The van der Waals surface area contributed by atoms with E-state index >= 15 is 0 Å². The van der Waals surface area contributed by atoms with Gasteiger partial charge in [-0.15, -0.1) is 0 Å². The zero-order valence-corrected chi connectivity index (χ0v) is 11.3. The van der Waals surface area contributed by atoms with Crippen LogP contribution in [0.5, 0.6) is 0 Å². The fraction of sp³-hybridized carbons (Fsp3) is 0.0769. The van der Waals surface area contributed by atoms with Crippen LogP contribution in [0.15, 0.2) is 41.3 Å². The molecule has 0 aromatic heterocycles.